The summed E-state index contributed by atoms with van der Waals surface area (Å²) >= 11 is 0. The first-order valence-corrected chi connectivity index (χ1v) is 11.1. The second-order valence-corrected chi connectivity index (χ2v) is 12.1. The fourth-order valence-corrected chi connectivity index (χ4v) is 7.69. The van der Waals surface area contributed by atoms with Crippen molar-refractivity contribution in [2.24, 2.45) is 16.2 Å². The highest BCUT2D eigenvalue weighted by Crippen LogP contribution is 2.64. The molecule has 1 aliphatic heterocycles. The van der Waals surface area contributed by atoms with Crippen LogP contribution in [0.15, 0.2) is 35.4 Å². The van der Waals surface area contributed by atoms with Crippen LogP contribution in [0.5, 0.6) is 0 Å². The third-order valence-corrected chi connectivity index (χ3v) is 7.69. The Kier molecular flexibility index (Phi) is 3.76. The fraction of sp³-hybridized carbons (Fsp3) is 0.577. The number of carbonyl (C=O) groups excluding carboxylic acids is 3. The monoisotopic (exact) mass is 405 g/mol. The summed E-state index contributed by atoms with van der Waals surface area (Å²) < 4.78 is 0. The van der Waals surface area contributed by atoms with Gasteiger partial charge in [0.05, 0.1) is 16.7 Å². The highest BCUT2D eigenvalue weighted by molar-refractivity contribution is 6.22. The number of carbonyl (C=O) groups is 3. The Balaban J connectivity index is 1.76. The molecule has 1 saturated carbocycles. The van der Waals surface area contributed by atoms with Crippen molar-refractivity contribution >= 4 is 17.6 Å². The van der Waals surface area contributed by atoms with Gasteiger partial charge in [0.15, 0.2) is 5.78 Å². The topological polar surface area (TPSA) is 54.5 Å². The number of benzene rings is 1. The minimum Gasteiger partial charge on any atom is -0.294 e. The molecular formula is C26H31NO3. The molecule has 0 saturated heterocycles. The predicted molar refractivity (Wildman–Crippen MR) is 115 cm³/mol. The molecule has 158 valence electrons. The molecule has 1 fully saturated rings. The van der Waals surface area contributed by atoms with Crippen LogP contribution in [0.3, 0.4) is 0 Å². The Morgan fingerprint density at radius 1 is 0.733 bits per heavy atom. The van der Waals surface area contributed by atoms with Gasteiger partial charge >= 0.3 is 0 Å². The first-order chi connectivity index (χ1) is 13.9. The number of imide groups is 1. The zero-order chi connectivity index (χ0) is 21.7. The minimum absolute atomic E-state index is 0.0242. The quantitative estimate of drug-likeness (QED) is 0.594. The number of allylic oxidation sites excluding steroid dienone is 1. The van der Waals surface area contributed by atoms with Gasteiger partial charge < -0.3 is 0 Å². The normalized spacial score (nSPS) is 34.2. The van der Waals surface area contributed by atoms with Crippen LogP contribution in [0.25, 0.3) is 0 Å². The molecule has 1 heterocycles. The van der Waals surface area contributed by atoms with Gasteiger partial charge in [0.2, 0.25) is 0 Å². The molecule has 2 unspecified atom stereocenters. The van der Waals surface area contributed by atoms with E-state index in [1.54, 1.807) is 24.3 Å². The molecule has 3 aliphatic carbocycles. The van der Waals surface area contributed by atoms with E-state index in [1.807, 2.05) is 0 Å². The zero-order valence-corrected chi connectivity index (χ0v) is 18.7. The molecule has 4 aliphatic rings. The van der Waals surface area contributed by atoms with Crippen LogP contribution < -0.4 is 0 Å². The molecule has 2 atom stereocenters. The number of nitrogens with zero attached hydrogens (tertiary/aromatic N) is 1. The van der Waals surface area contributed by atoms with Gasteiger partial charge in [-0.2, -0.15) is 0 Å². The van der Waals surface area contributed by atoms with Gasteiger partial charge in [-0.1, -0.05) is 52.3 Å². The third kappa shape index (κ3) is 2.61. The number of rotatable bonds is 1. The molecule has 2 amide bonds. The van der Waals surface area contributed by atoms with Crippen LogP contribution in [0, 0.1) is 16.2 Å². The Bertz CT molecular complexity index is 1010. The van der Waals surface area contributed by atoms with Crippen molar-refractivity contribution in [2.45, 2.75) is 78.7 Å². The Morgan fingerprint density at radius 2 is 1.33 bits per heavy atom. The number of Topliss-reactive ketones (excluding diaryl/α,β-unsaturated/α-hetero) is 1. The van der Waals surface area contributed by atoms with Gasteiger partial charge in [0.1, 0.15) is 0 Å². The maximum Gasteiger partial charge on any atom is 0.262 e. The van der Waals surface area contributed by atoms with Crippen LogP contribution in [0.2, 0.25) is 0 Å². The van der Waals surface area contributed by atoms with E-state index in [9.17, 15) is 14.4 Å². The molecule has 0 aromatic heterocycles. The zero-order valence-electron chi connectivity index (χ0n) is 18.7. The highest BCUT2D eigenvalue weighted by Gasteiger charge is 2.63. The Morgan fingerprint density at radius 3 is 1.93 bits per heavy atom. The lowest BCUT2D eigenvalue weighted by Crippen LogP contribution is -2.64. The highest BCUT2D eigenvalue weighted by atomic mass is 16.2. The van der Waals surface area contributed by atoms with Crippen molar-refractivity contribution in [2.75, 3.05) is 0 Å². The van der Waals surface area contributed by atoms with E-state index < -0.39 is 5.54 Å². The first-order valence-electron chi connectivity index (χ1n) is 11.1. The summed E-state index contributed by atoms with van der Waals surface area (Å²) in [5.41, 5.74) is 1.94. The van der Waals surface area contributed by atoms with Crippen molar-refractivity contribution in [1.29, 1.82) is 0 Å². The lowest BCUT2D eigenvalue weighted by molar-refractivity contribution is -0.121. The van der Waals surface area contributed by atoms with Crippen molar-refractivity contribution < 1.29 is 14.4 Å². The van der Waals surface area contributed by atoms with E-state index in [0.29, 0.717) is 30.4 Å². The fourth-order valence-electron chi connectivity index (χ4n) is 7.69. The van der Waals surface area contributed by atoms with E-state index in [-0.39, 0.29) is 33.8 Å². The van der Waals surface area contributed by atoms with Gasteiger partial charge in [0.25, 0.3) is 11.8 Å². The number of ketones is 1. The van der Waals surface area contributed by atoms with E-state index >= 15 is 0 Å². The second kappa shape index (κ2) is 5.72. The average Bonchev–Trinajstić information content (AvgIpc) is 2.82. The van der Waals surface area contributed by atoms with Crippen molar-refractivity contribution in [3.05, 3.63) is 46.5 Å². The molecule has 4 heteroatoms. The number of amides is 2. The van der Waals surface area contributed by atoms with E-state index in [0.717, 1.165) is 24.8 Å². The molecule has 5 rings (SSSR count). The number of hydrogen-bond acceptors (Lipinski definition) is 3. The van der Waals surface area contributed by atoms with Gasteiger partial charge in [-0.05, 0) is 60.5 Å². The van der Waals surface area contributed by atoms with Crippen molar-refractivity contribution in [3.8, 4) is 0 Å². The largest absolute Gasteiger partial charge is 0.294 e. The number of fused-ring (bicyclic) bond motifs is 4. The Hall–Kier alpha value is -2.23. The SMILES string of the molecule is CC1(C)CC(=O)C2=C(C1)CC1(C)CC(C)(C)CC2(N2C(=O)c3ccccc3C2=O)C1. The standard InChI is InChI=1S/C26H31NO3/c1-23(2)10-16-11-25(5)13-24(3,4)14-26(15-25,20(16)19(28)12-23)27-21(29)17-8-6-7-9-18(17)22(27)30/h6-9H,10-15H2,1-5H3. The molecule has 30 heavy (non-hydrogen) atoms. The van der Waals surface area contributed by atoms with Crippen LogP contribution in [0.1, 0.15) is 93.9 Å². The van der Waals surface area contributed by atoms with Crippen LogP contribution in [-0.2, 0) is 4.79 Å². The summed E-state index contributed by atoms with van der Waals surface area (Å²) in [5, 5.41) is 0. The van der Waals surface area contributed by atoms with Crippen LogP contribution in [0.4, 0.5) is 0 Å². The second-order valence-electron chi connectivity index (χ2n) is 12.1. The lowest BCUT2D eigenvalue weighted by Gasteiger charge is -2.61. The van der Waals surface area contributed by atoms with E-state index in [1.165, 1.54) is 10.5 Å². The summed E-state index contributed by atoms with van der Waals surface area (Å²) in [6.07, 6.45) is 4.64. The summed E-state index contributed by atoms with van der Waals surface area (Å²) in [4.78, 5) is 42.3. The summed E-state index contributed by atoms with van der Waals surface area (Å²) in [7, 11) is 0. The smallest absolute Gasteiger partial charge is 0.262 e. The van der Waals surface area contributed by atoms with Crippen LogP contribution >= 0.6 is 0 Å². The van der Waals surface area contributed by atoms with Gasteiger partial charge in [-0.25, -0.2) is 0 Å². The maximum atomic E-state index is 13.6. The van der Waals surface area contributed by atoms with Crippen LogP contribution in [-0.4, -0.2) is 28.0 Å². The van der Waals surface area contributed by atoms with E-state index in [4.69, 9.17) is 0 Å². The molecule has 0 radical (unpaired) electrons. The first kappa shape index (κ1) is 19.7. The summed E-state index contributed by atoms with van der Waals surface area (Å²) in [5.74, 6) is -0.332. The van der Waals surface area contributed by atoms with Gasteiger partial charge in [-0.3, -0.25) is 19.3 Å². The van der Waals surface area contributed by atoms with Gasteiger partial charge in [0, 0.05) is 12.0 Å². The summed E-state index contributed by atoms with van der Waals surface area (Å²) in [6, 6.07) is 7.09. The van der Waals surface area contributed by atoms with Gasteiger partial charge in [-0.15, -0.1) is 0 Å². The average molecular weight is 406 g/mol. The van der Waals surface area contributed by atoms with E-state index in [2.05, 4.69) is 34.6 Å². The lowest BCUT2D eigenvalue weighted by atomic mass is 9.48. The third-order valence-electron chi connectivity index (χ3n) is 7.69. The Labute approximate surface area is 178 Å². The maximum absolute atomic E-state index is 13.6. The molecule has 4 nitrogen and oxygen atoms in total. The molecule has 0 spiro atoms. The van der Waals surface area contributed by atoms with Crippen molar-refractivity contribution in [1.82, 2.24) is 4.90 Å². The molecule has 2 bridgehead atoms. The number of hydrogen-bond donors (Lipinski definition) is 0. The predicted octanol–water partition coefficient (Wildman–Crippen LogP) is 5.33. The minimum atomic E-state index is -0.829. The summed E-state index contributed by atoms with van der Waals surface area (Å²) in [6.45, 7) is 11.0. The molecular weight excluding hydrogens is 374 g/mol. The molecule has 1 aromatic rings. The molecule has 0 N–H and O–H groups in total. The molecule has 1 aromatic carbocycles. The van der Waals surface area contributed by atoms with Crippen molar-refractivity contribution in [3.63, 3.8) is 0 Å².